The molecule has 1 aromatic rings. The average molecular weight is 283 g/mol. The predicted molar refractivity (Wildman–Crippen MR) is 76.0 cm³/mol. The smallest absolute Gasteiger partial charge is 0.255 e. The molecule has 0 bridgehead atoms. The summed E-state index contributed by atoms with van der Waals surface area (Å²) in [7, 11) is 1.55. The topological polar surface area (TPSA) is 50.4 Å². The van der Waals surface area contributed by atoms with Crippen molar-refractivity contribution in [1.29, 1.82) is 0 Å². The van der Waals surface area contributed by atoms with Crippen molar-refractivity contribution in [3.8, 4) is 5.75 Å². The number of hydrogen-bond acceptors (Lipinski definition) is 3. The maximum Gasteiger partial charge on any atom is 0.255 e. The highest BCUT2D eigenvalue weighted by Crippen LogP contribution is 2.23. The van der Waals surface area contributed by atoms with Gasteiger partial charge < -0.3 is 15.4 Å². The van der Waals surface area contributed by atoms with E-state index in [1.54, 1.807) is 25.3 Å². The van der Waals surface area contributed by atoms with Crippen molar-refractivity contribution in [2.75, 3.05) is 13.7 Å². The van der Waals surface area contributed by atoms with Gasteiger partial charge in [-0.2, -0.15) is 0 Å². The summed E-state index contributed by atoms with van der Waals surface area (Å²) in [5, 5.41) is 6.93. The monoisotopic (exact) mass is 282 g/mol. The van der Waals surface area contributed by atoms with E-state index in [1.807, 2.05) is 0 Å². The Balaban J connectivity index is 2.13. The van der Waals surface area contributed by atoms with Gasteiger partial charge in [-0.25, -0.2) is 0 Å². The summed E-state index contributed by atoms with van der Waals surface area (Å²) in [6.45, 7) is 3.09. The van der Waals surface area contributed by atoms with Crippen LogP contribution >= 0.6 is 11.6 Å². The van der Waals surface area contributed by atoms with E-state index in [0.717, 1.165) is 19.4 Å². The first kappa shape index (κ1) is 14.2. The molecule has 0 aliphatic carbocycles. The summed E-state index contributed by atoms with van der Waals surface area (Å²) < 4.78 is 5.20. The van der Waals surface area contributed by atoms with Crippen molar-refractivity contribution in [3.63, 3.8) is 0 Å². The molecule has 4 nitrogen and oxygen atoms in total. The number of ether oxygens (including phenoxy) is 1. The highest BCUT2D eigenvalue weighted by atomic mass is 35.5. The molecule has 1 amide bonds. The number of methoxy groups -OCH3 is 1. The number of carbonyl (C=O) groups is 1. The van der Waals surface area contributed by atoms with Gasteiger partial charge in [0.1, 0.15) is 5.75 Å². The van der Waals surface area contributed by atoms with Crippen LogP contribution in [0.25, 0.3) is 0 Å². The molecule has 0 spiro atoms. The minimum atomic E-state index is -0.139. The van der Waals surface area contributed by atoms with E-state index in [1.165, 1.54) is 0 Å². The third-order valence-corrected chi connectivity index (χ3v) is 3.72. The lowest BCUT2D eigenvalue weighted by Crippen LogP contribution is -2.51. The van der Waals surface area contributed by atoms with Gasteiger partial charge in [0.15, 0.2) is 0 Å². The van der Waals surface area contributed by atoms with E-state index in [9.17, 15) is 4.79 Å². The van der Waals surface area contributed by atoms with Crippen LogP contribution in [0.4, 0.5) is 0 Å². The van der Waals surface area contributed by atoms with Gasteiger partial charge in [-0.05, 0) is 44.5 Å². The molecule has 5 heteroatoms. The van der Waals surface area contributed by atoms with Crippen molar-refractivity contribution in [3.05, 3.63) is 28.8 Å². The Labute approximate surface area is 118 Å². The third kappa shape index (κ3) is 3.39. The molecule has 1 saturated heterocycles. The van der Waals surface area contributed by atoms with Crippen molar-refractivity contribution >= 4 is 17.5 Å². The van der Waals surface area contributed by atoms with Gasteiger partial charge in [-0.15, -0.1) is 0 Å². The van der Waals surface area contributed by atoms with Crippen LogP contribution in [0.2, 0.25) is 5.02 Å². The summed E-state index contributed by atoms with van der Waals surface area (Å²) >= 11 is 5.94. The number of carbonyl (C=O) groups excluding carboxylic acids is 1. The standard InChI is InChI=1S/C14H19ClN2O2/c1-9-12(4-3-7-16-9)17-14(18)11-8-10(15)5-6-13(11)19-2/h5-6,8-9,12,16H,3-4,7H2,1-2H3,(H,17,18). The molecule has 1 aliphatic heterocycles. The quantitative estimate of drug-likeness (QED) is 0.894. The van der Waals surface area contributed by atoms with Crippen LogP contribution in [0.15, 0.2) is 18.2 Å². The summed E-state index contributed by atoms with van der Waals surface area (Å²) in [4.78, 5) is 12.3. The Morgan fingerprint density at radius 3 is 3.00 bits per heavy atom. The second-order valence-corrected chi connectivity index (χ2v) is 5.25. The number of piperidine rings is 1. The van der Waals surface area contributed by atoms with Gasteiger partial charge in [-0.1, -0.05) is 11.6 Å². The summed E-state index contributed by atoms with van der Waals surface area (Å²) in [5.74, 6) is 0.401. The van der Waals surface area contributed by atoms with Gasteiger partial charge in [0.2, 0.25) is 0 Å². The minimum Gasteiger partial charge on any atom is -0.496 e. The molecule has 1 aliphatic rings. The molecule has 19 heavy (non-hydrogen) atoms. The molecule has 2 N–H and O–H groups in total. The van der Waals surface area contributed by atoms with Gasteiger partial charge in [-0.3, -0.25) is 4.79 Å². The fourth-order valence-corrected chi connectivity index (χ4v) is 2.52. The van der Waals surface area contributed by atoms with Crippen LogP contribution in [0.1, 0.15) is 30.1 Å². The molecule has 1 aromatic carbocycles. The SMILES string of the molecule is COc1ccc(Cl)cc1C(=O)NC1CCCNC1C. The molecule has 0 radical (unpaired) electrons. The van der Waals surface area contributed by atoms with Crippen LogP contribution in [-0.2, 0) is 0 Å². The number of amides is 1. The molecule has 2 atom stereocenters. The predicted octanol–water partition coefficient (Wildman–Crippen LogP) is 2.22. The van der Waals surface area contributed by atoms with E-state index in [4.69, 9.17) is 16.3 Å². The molecule has 1 fully saturated rings. The highest BCUT2D eigenvalue weighted by Gasteiger charge is 2.24. The Kier molecular flexibility index (Phi) is 4.66. The normalized spacial score (nSPS) is 22.9. The van der Waals surface area contributed by atoms with Crippen LogP contribution in [0.5, 0.6) is 5.75 Å². The van der Waals surface area contributed by atoms with Gasteiger partial charge in [0.25, 0.3) is 5.91 Å². The lowest BCUT2D eigenvalue weighted by Gasteiger charge is -2.30. The van der Waals surface area contributed by atoms with Crippen molar-refractivity contribution in [2.24, 2.45) is 0 Å². The zero-order valence-electron chi connectivity index (χ0n) is 11.2. The Bertz CT molecular complexity index is 465. The molecular formula is C14H19ClN2O2. The van der Waals surface area contributed by atoms with Crippen molar-refractivity contribution in [1.82, 2.24) is 10.6 Å². The first-order chi connectivity index (χ1) is 9.11. The maximum absolute atomic E-state index is 12.3. The number of hydrogen-bond donors (Lipinski definition) is 2. The lowest BCUT2D eigenvalue weighted by molar-refractivity contribution is 0.0917. The number of halogens is 1. The lowest BCUT2D eigenvalue weighted by atomic mass is 9.99. The Hall–Kier alpha value is -1.26. The second kappa shape index (κ2) is 6.26. The first-order valence-corrected chi connectivity index (χ1v) is 6.87. The van der Waals surface area contributed by atoms with Gasteiger partial charge in [0, 0.05) is 17.1 Å². The van der Waals surface area contributed by atoms with Gasteiger partial charge >= 0.3 is 0 Å². The summed E-state index contributed by atoms with van der Waals surface area (Å²) in [6.07, 6.45) is 2.06. The highest BCUT2D eigenvalue weighted by molar-refractivity contribution is 6.31. The molecule has 2 unspecified atom stereocenters. The molecular weight excluding hydrogens is 264 g/mol. The maximum atomic E-state index is 12.3. The number of rotatable bonds is 3. The van der Waals surface area contributed by atoms with Crippen LogP contribution in [0.3, 0.4) is 0 Å². The van der Waals surface area contributed by atoms with E-state index in [0.29, 0.717) is 16.3 Å². The van der Waals surface area contributed by atoms with E-state index in [-0.39, 0.29) is 18.0 Å². The largest absolute Gasteiger partial charge is 0.496 e. The fourth-order valence-electron chi connectivity index (χ4n) is 2.34. The average Bonchev–Trinajstić information content (AvgIpc) is 2.41. The second-order valence-electron chi connectivity index (χ2n) is 4.81. The molecule has 1 heterocycles. The van der Waals surface area contributed by atoms with Crippen molar-refractivity contribution < 1.29 is 9.53 Å². The Morgan fingerprint density at radius 1 is 1.53 bits per heavy atom. The van der Waals surface area contributed by atoms with Crippen LogP contribution in [-0.4, -0.2) is 31.6 Å². The van der Waals surface area contributed by atoms with Crippen molar-refractivity contribution in [2.45, 2.75) is 31.8 Å². The third-order valence-electron chi connectivity index (χ3n) is 3.48. The van der Waals surface area contributed by atoms with Crippen LogP contribution < -0.4 is 15.4 Å². The van der Waals surface area contributed by atoms with E-state index < -0.39 is 0 Å². The fraction of sp³-hybridized carbons (Fsp3) is 0.500. The zero-order valence-corrected chi connectivity index (χ0v) is 12.0. The summed E-state index contributed by atoms with van der Waals surface area (Å²) in [6, 6.07) is 5.48. The van der Waals surface area contributed by atoms with Gasteiger partial charge in [0.05, 0.1) is 12.7 Å². The molecule has 104 valence electrons. The van der Waals surface area contributed by atoms with E-state index >= 15 is 0 Å². The molecule has 2 rings (SSSR count). The molecule has 0 saturated carbocycles. The van der Waals surface area contributed by atoms with Crippen LogP contribution in [0, 0.1) is 0 Å². The minimum absolute atomic E-state index is 0.139. The first-order valence-electron chi connectivity index (χ1n) is 6.49. The van der Waals surface area contributed by atoms with E-state index in [2.05, 4.69) is 17.6 Å². The number of nitrogens with one attached hydrogen (secondary N) is 2. The molecule has 0 aromatic heterocycles. The zero-order chi connectivity index (χ0) is 13.8. The number of benzene rings is 1. The Morgan fingerprint density at radius 2 is 2.32 bits per heavy atom. The summed E-state index contributed by atoms with van der Waals surface area (Å²) in [5.41, 5.74) is 0.479.